The molecule has 9 heteroatoms. The molecular formula is C11H10F2N4O2S. The van der Waals surface area contributed by atoms with Crippen LogP contribution in [0, 0.1) is 26.5 Å². The largest absolute Gasteiger partial charge is 0.305 e. The first kappa shape index (κ1) is 14.3. The van der Waals surface area contributed by atoms with Gasteiger partial charge in [-0.05, 0) is 32.1 Å². The highest BCUT2D eigenvalue weighted by atomic mass is 32.1. The molecule has 0 radical (unpaired) electrons. The number of benzene rings is 1. The Labute approximate surface area is 117 Å². The summed E-state index contributed by atoms with van der Waals surface area (Å²) in [4.78, 5) is 9.81. The summed E-state index contributed by atoms with van der Waals surface area (Å²) >= 11 is 4.99. The van der Waals surface area contributed by atoms with Crippen LogP contribution in [0.5, 0.6) is 0 Å². The molecule has 0 saturated heterocycles. The average molecular weight is 300 g/mol. The van der Waals surface area contributed by atoms with Gasteiger partial charge in [0.25, 0.3) is 0 Å². The van der Waals surface area contributed by atoms with Crippen LogP contribution in [0.2, 0.25) is 0 Å². The number of halogens is 2. The molecule has 106 valence electrons. The SMILES string of the molecule is CC(C)n1c(-c2c(F)ccc([N+](=O)[O-])c2F)n[nH]c1=S. The zero-order chi connectivity index (χ0) is 15.0. The van der Waals surface area contributed by atoms with Gasteiger partial charge < -0.3 is 0 Å². The minimum Gasteiger partial charge on any atom is -0.297 e. The van der Waals surface area contributed by atoms with Crippen molar-refractivity contribution in [3.8, 4) is 11.4 Å². The summed E-state index contributed by atoms with van der Waals surface area (Å²) in [7, 11) is 0. The summed E-state index contributed by atoms with van der Waals surface area (Å²) in [5, 5.41) is 16.9. The molecule has 0 bridgehead atoms. The van der Waals surface area contributed by atoms with E-state index in [1.807, 2.05) is 0 Å². The average Bonchev–Trinajstić information content (AvgIpc) is 2.70. The third kappa shape index (κ3) is 2.20. The minimum atomic E-state index is -1.27. The zero-order valence-corrected chi connectivity index (χ0v) is 11.4. The van der Waals surface area contributed by atoms with E-state index in [0.29, 0.717) is 0 Å². The van der Waals surface area contributed by atoms with E-state index in [1.165, 1.54) is 4.57 Å². The molecule has 0 aliphatic carbocycles. The van der Waals surface area contributed by atoms with Crippen LogP contribution in [0.15, 0.2) is 12.1 Å². The maximum atomic E-state index is 14.1. The summed E-state index contributed by atoms with van der Waals surface area (Å²) in [6.45, 7) is 3.50. The van der Waals surface area contributed by atoms with Gasteiger partial charge in [-0.15, -0.1) is 0 Å². The first-order chi connectivity index (χ1) is 9.34. The van der Waals surface area contributed by atoms with E-state index in [9.17, 15) is 18.9 Å². The standard InChI is InChI=1S/C11H10F2N4O2S/c1-5(2)16-10(14-15-11(16)20)8-6(12)3-4-7(9(8)13)17(18)19/h3-5H,1-2H3,(H,15,20). The molecular weight excluding hydrogens is 290 g/mol. The van der Waals surface area contributed by atoms with Crippen molar-refractivity contribution in [2.45, 2.75) is 19.9 Å². The fourth-order valence-electron chi connectivity index (χ4n) is 1.85. The van der Waals surface area contributed by atoms with Gasteiger partial charge in [0.2, 0.25) is 5.82 Å². The van der Waals surface area contributed by atoms with E-state index in [2.05, 4.69) is 10.2 Å². The quantitative estimate of drug-likeness (QED) is 0.535. The number of hydrogen-bond acceptors (Lipinski definition) is 4. The van der Waals surface area contributed by atoms with Gasteiger partial charge in [-0.2, -0.15) is 9.49 Å². The monoisotopic (exact) mass is 300 g/mol. The van der Waals surface area contributed by atoms with Crippen LogP contribution in [0.25, 0.3) is 11.4 Å². The second kappa shape index (κ2) is 5.08. The maximum absolute atomic E-state index is 14.1. The van der Waals surface area contributed by atoms with E-state index in [0.717, 1.165) is 12.1 Å². The van der Waals surface area contributed by atoms with Gasteiger partial charge in [-0.1, -0.05) is 0 Å². The summed E-state index contributed by atoms with van der Waals surface area (Å²) in [6, 6.07) is 1.39. The zero-order valence-electron chi connectivity index (χ0n) is 10.6. The molecule has 1 N–H and O–H groups in total. The number of nitro groups is 1. The van der Waals surface area contributed by atoms with Crippen molar-refractivity contribution in [2.75, 3.05) is 0 Å². The van der Waals surface area contributed by atoms with Gasteiger partial charge in [0.15, 0.2) is 10.6 Å². The van der Waals surface area contributed by atoms with Crippen LogP contribution in [-0.2, 0) is 0 Å². The van der Waals surface area contributed by atoms with Crippen LogP contribution in [0.1, 0.15) is 19.9 Å². The van der Waals surface area contributed by atoms with Gasteiger partial charge >= 0.3 is 5.69 Å². The lowest BCUT2D eigenvalue weighted by Gasteiger charge is -2.11. The number of hydrogen-bond donors (Lipinski definition) is 1. The van der Waals surface area contributed by atoms with E-state index in [4.69, 9.17) is 12.2 Å². The highest BCUT2D eigenvalue weighted by molar-refractivity contribution is 7.71. The van der Waals surface area contributed by atoms with Gasteiger partial charge in [0.05, 0.1) is 10.5 Å². The van der Waals surface area contributed by atoms with E-state index in [-0.39, 0.29) is 16.6 Å². The van der Waals surface area contributed by atoms with Crippen molar-refractivity contribution in [1.82, 2.24) is 14.8 Å². The van der Waals surface area contributed by atoms with E-state index < -0.39 is 27.8 Å². The van der Waals surface area contributed by atoms with Crippen molar-refractivity contribution >= 4 is 17.9 Å². The Kier molecular flexibility index (Phi) is 3.62. The van der Waals surface area contributed by atoms with Crippen LogP contribution < -0.4 is 0 Å². The topological polar surface area (TPSA) is 76.8 Å². The van der Waals surface area contributed by atoms with Crippen molar-refractivity contribution < 1.29 is 13.7 Å². The molecule has 20 heavy (non-hydrogen) atoms. The molecule has 0 aliphatic heterocycles. The summed E-state index contributed by atoms with van der Waals surface area (Å²) in [6.07, 6.45) is 0. The number of nitrogens with zero attached hydrogens (tertiary/aromatic N) is 3. The Balaban J connectivity index is 2.80. The number of nitrogens with one attached hydrogen (secondary N) is 1. The van der Waals surface area contributed by atoms with Crippen molar-refractivity contribution in [2.24, 2.45) is 0 Å². The summed E-state index contributed by atoms with van der Waals surface area (Å²) < 4.78 is 29.6. The Bertz CT molecular complexity index is 739. The van der Waals surface area contributed by atoms with Gasteiger partial charge in [0.1, 0.15) is 5.82 Å². The summed E-state index contributed by atoms with van der Waals surface area (Å²) in [5.41, 5.74) is -1.38. The highest BCUT2D eigenvalue weighted by Gasteiger charge is 2.26. The molecule has 1 aromatic heterocycles. The van der Waals surface area contributed by atoms with Gasteiger partial charge in [0, 0.05) is 12.1 Å². The van der Waals surface area contributed by atoms with Crippen molar-refractivity contribution in [3.05, 3.63) is 38.7 Å². The fraction of sp³-hybridized carbons (Fsp3) is 0.273. The Morgan fingerprint density at radius 2 is 2.10 bits per heavy atom. The normalized spacial score (nSPS) is 11.1. The predicted molar refractivity (Wildman–Crippen MR) is 69.8 cm³/mol. The number of aromatic amines is 1. The second-order valence-electron chi connectivity index (χ2n) is 4.33. The molecule has 0 fully saturated rings. The molecule has 0 aliphatic rings. The molecule has 0 atom stereocenters. The predicted octanol–water partition coefficient (Wildman–Crippen LogP) is 3.37. The third-order valence-corrected chi connectivity index (χ3v) is 3.00. The molecule has 2 rings (SSSR count). The van der Waals surface area contributed by atoms with Crippen LogP contribution in [0.4, 0.5) is 14.5 Å². The number of nitro benzene ring substituents is 1. The second-order valence-corrected chi connectivity index (χ2v) is 4.72. The van der Waals surface area contributed by atoms with Crippen LogP contribution in [0.3, 0.4) is 0 Å². The molecule has 0 spiro atoms. The van der Waals surface area contributed by atoms with Gasteiger partial charge in [-0.3, -0.25) is 19.8 Å². The molecule has 0 unspecified atom stereocenters. The Hall–Kier alpha value is -2.16. The molecule has 1 heterocycles. The minimum absolute atomic E-state index is 0.108. The molecule has 1 aromatic carbocycles. The highest BCUT2D eigenvalue weighted by Crippen LogP contribution is 2.31. The number of aromatic nitrogens is 3. The number of H-pyrrole nitrogens is 1. The molecule has 6 nitrogen and oxygen atoms in total. The first-order valence-electron chi connectivity index (χ1n) is 5.64. The van der Waals surface area contributed by atoms with E-state index in [1.54, 1.807) is 13.8 Å². The lowest BCUT2D eigenvalue weighted by Crippen LogP contribution is -2.07. The fourth-order valence-corrected chi connectivity index (χ4v) is 2.19. The Morgan fingerprint density at radius 1 is 1.45 bits per heavy atom. The molecule has 0 amide bonds. The van der Waals surface area contributed by atoms with E-state index >= 15 is 0 Å². The lowest BCUT2D eigenvalue weighted by molar-refractivity contribution is -0.387. The van der Waals surface area contributed by atoms with Crippen LogP contribution >= 0.6 is 12.2 Å². The van der Waals surface area contributed by atoms with Gasteiger partial charge in [-0.25, -0.2) is 4.39 Å². The summed E-state index contributed by atoms with van der Waals surface area (Å²) in [5.74, 6) is -2.32. The molecule has 0 saturated carbocycles. The van der Waals surface area contributed by atoms with Crippen LogP contribution in [-0.4, -0.2) is 19.7 Å². The maximum Gasteiger partial charge on any atom is 0.305 e. The van der Waals surface area contributed by atoms with Crippen molar-refractivity contribution in [3.63, 3.8) is 0 Å². The smallest absolute Gasteiger partial charge is 0.297 e. The molecule has 2 aromatic rings. The first-order valence-corrected chi connectivity index (χ1v) is 6.05. The lowest BCUT2D eigenvalue weighted by atomic mass is 10.1. The van der Waals surface area contributed by atoms with Crippen molar-refractivity contribution in [1.29, 1.82) is 0 Å². The Morgan fingerprint density at radius 3 is 2.65 bits per heavy atom. The number of rotatable bonds is 3. The third-order valence-electron chi connectivity index (χ3n) is 2.71.